The number of pyridine rings is 1. The lowest BCUT2D eigenvalue weighted by molar-refractivity contribution is 0.311. The Kier molecular flexibility index (Phi) is 3.36. The van der Waals surface area contributed by atoms with E-state index in [1.807, 2.05) is 18.5 Å². The van der Waals surface area contributed by atoms with E-state index in [9.17, 15) is 0 Å². The molecule has 0 radical (unpaired) electrons. The fourth-order valence-corrected chi connectivity index (χ4v) is 2.09. The Labute approximate surface area is 98.1 Å². The third-order valence-corrected chi connectivity index (χ3v) is 3.16. The number of rotatable bonds is 4. The molecule has 4 nitrogen and oxygen atoms in total. The predicted molar refractivity (Wildman–Crippen MR) is 64.7 cm³/mol. The molecule has 0 fully saturated rings. The number of nitrogens with two attached hydrogens (primary N) is 1. The van der Waals surface area contributed by atoms with E-state index in [0.29, 0.717) is 18.3 Å². The predicted octanol–water partition coefficient (Wildman–Crippen LogP) is 2.05. The molecule has 2 heterocycles. The van der Waals surface area contributed by atoms with Crippen LogP contribution in [0.1, 0.15) is 10.6 Å². The molecule has 84 valence electrons. The van der Waals surface area contributed by atoms with Gasteiger partial charge in [-0.2, -0.15) is 4.98 Å². The van der Waals surface area contributed by atoms with Crippen molar-refractivity contribution in [2.75, 3.05) is 12.3 Å². The first-order valence-electron chi connectivity index (χ1n) is 5.00. The van der Waals surface area contributed by atoms with Crippen LogP contribution in [0.25, 0.3) is 0 Å². The molecule has 0 aromatic carbocycles. The molecule has 0 aliphatic rings. The van der Waals surface area contributed by atoms with Gasteiger partial charge in [0, 0.05) is 17.4 Å². The molecular weight excluding hydrogens is 222 g/mol. The van der Waals surface area contributed by atoms with Crippen molar-refractivity contribution in [2.45, 2.75) is 13.3 Å². The SMILES string of the molecule is Cc1ncsc1CCOc1cccc(N)n1. The molecule has 0 bridgehead atoms. The van der Waals surface area contributed by atoms with Crippen LogP contribution in [-0.4, -0.2) is 16.6 Å². The fraction of sp³-hybridized carbons (Fsp3) is 0.273. The molecule has 0 saturated carbocycles. The van der Waals surface area contributed by atoms with Crippen LogP contribution < -0.4 is 10.5 Å². The highest BCUT2D eigenvalue weighted by Gasteiger charge is 2.02. The molecule has 2 rings (SSSR count). The van der Waals surface area contributed by atoms with Gasteiger partial charge in [0.05, 0.1) is 17.8 Å². The average molecular weight is 235 g/mol. The summed E-state index contributed by atoms with van der Waals surface area (Å²) >= 11 is 1.65. The van der Waals surface area contributed by atoms with Crippen LogP contribution in [0.4, 0.5) is 5.82 Å². The lowest BCUT2D eigenvalue weighted by Gasteiger charge is -2.04. The minimum atomic E-state index is 0.478. The van der Waals surface area contributed by atoms with E-state index in [1.165, 1.54) is 4.88 Å². The average Bonchev–Trinajstić information content (AvgIpc) is 2.65. The third kappa shape index (κ3) is 2.70. The van der Waals surface area contributed by atoms with Gasteiger partial charge in [0.25, 0.3) is 0 Å². The van der Waals surface area contributed by atoms with E-state index in [2.05, 4.69) is 9.97 Å². The maximum absolute atomic E-state index is 5.55. The van der Waals surface area contributed by atoms with Crippen LogP contribution >= 0.6 is 11.3 Å². The minimum Gasteiger partial charge on any atom is -0.477 e. The van der Waals surface area contributed by atoms with Gasteiger partial charge < -0.3 is 10.5 Å². The molecule has 2 aromatic heterocycles. The fourth-order valence-electron chi connectivity index (χ4n) is 1.33. The van der Waals surface area contributed by atoms with Gasteiger partial charge >= 0.3 is 0 Å². The number of hydrogen-bond donors (Lipinski definition) is 1. The number of anilines is 1. The maximum Gasteiger partial charge on any atom is 0.215 e. The molecule has 0 amide bonds. The van der Waals surface area contributed by atoms with Crippen LogP contribution in [-0.2, 0) is 6.42 Å². The van der Waals surface area contributed by atoms with E-state index in [1.54, 1.807) is 23.5 Å². The maximum atomic E-state index is 5.55. The standard InChI is InChI=1S/C11H13N3OS/c1-8-9(16-7-13-8)5-6-15-11-4-2-3-10(12)14-11/h2-4,7H,5-6H2,1H3,(H2,12,14). The van der Waals surface area contributed by atoms with Gasteiger partial charge in [-0.25, -0.2) is 4.98 Å². The number of ether oxygens (including phenoxy) is 1. The molecule has 16 heavy (non-hydrogen) atoms. The number of aromatic nitrogens is 2. The summed E-state index contributed by atoms with van der Waals surface area (Å²) in [7, 11) is 0. The smallest absolute Gasteiger partial charge is 0.215 e. The molecule has 5 heteroatoms. The number of thiazole rings is 1. The second-order valence-corrected chi connectivity index (χ2v) is 4.30. The van der Waals surface area contributed by atoms with Gasteiger partial charge in [-0.3, -0.25) is 0 Å². The van der Waals surface area contributed by atoms with Crippen molar-refractivity contribution < 1.29 is 4.74 Å². The van der Waals surface area contributed by atoms with Crippen LogP contribution in [0.15, 0.2) is 23.7 Å². The first-order valence-corrected chi connectivity index (χ1v) is 5.88. The second-order valence-electron chi connectivity index (χ2n) is 3.36. The molecule has 0 spiro atoms. The highest BCUT2D eigenvalue weighted by atomic mass is 32.1. The molecule has 2 N–H and O–H groups in total. The summed E-state index contributed by atoms with van der Waals surface area (Å²) in [5.74, 6) is 1.05. The Hall–Kier alpha value is -1.62. The Morgan fingerprint density at radius 3 is 3.00 bits per heavy atom. The summed E-state index contributed by atoms with van der Waals surface area (Å²) in [6, 6.07) is 5.37. The minimum absolute atomic E-state index is 0.478. The highest BCUT2D eigenvalue weighted by Crippen LogP contribution is 2.14. The topological polar surface area (TPSA) is 61.0 Å². The van der Waals surface area contributed by atoms with E-state index < -0.39 is 0 Å². The van der Waals surface area contributed by atoms with Crippen LogP contribution in [0.3, 0.4) is 0 Å². The van der Waals surface area contributed by atoms with Gasteiger partial charge in [0.2, 0.25) is 5.88 Å². The molecular formula is C11H13N3OS. The molecule has 2 aromatic rings. The largest absolute Gasteiger partial charge is 0.477 e. The van der Waals surface area contributed by atoms with Crippen molar-refractivity contribution in [3.05, 3.63) is 34.3 Å². The van der Waals surface area contributed by atoms with E-state index in [0.717, 1.165) is 12.1 Å². The van der Waals surface area contributed by atoms with Crippen molar-refractivity contribution in [3.8, 4) is 5.88 Å². The lowest BCUT2D eigenvalue weighted by atomic mass is 10.3. The summed E-state index contributed by atoms with van der Waals surface area (Å²) in [6.45, 7) is 2.60. The molecule has 0 aliphatic heterocycles. The summed E-state index contributed by atoms with van der Waals surface area (Å²) in [5.41, 5.74) is 8.48. The first kappa shape index (κ1) is 10.9. The summed E-state index contributed by atoms with van der Waals surface area (Å²) < 4.78 is 5.50. The zero-order chi connectivity index (χ0) is 11.4. The lowest BCUT2D eigenvalue weighted by Crippen LogP contribution is -2.03. The highest BCUT2D eigenvalue weighted by molar-refractivity contribution is 7.09. The van der Waals surface area contributed by atoms with E-state index in [4.69, 9.17) is 10.5 Å². The summed E-state index contributed by atoms with van der Waals surface area (Å²) in [5, 5.41) is 0. The molecule has 0 unspecified atom stereocenters. The summed E-state index contributed by atoms with van der Waals surface area (Å²) in [6.07, 6.45) is 0.854. The van der Waals surface area contributed by atoms with Crippen LogP contribution in [0, 0.1) is 6.92 Å². The van der Waals surface area contributed by atoms with E-state index in [-0.39, 0.29) is 0 Å². The van der Waals surface area contributed by atoms with Crippen molar-refractivity contribution in [1.82, 2.24) is 9.97 Å². The normalized spacial score (nSPS) is 10.3. The van der Waals surface area contributed by atoms with Gasteiger partial charge in [0.1, 0.15) is 5.82 Å². The van der Waals surface area contributed by atoms with Crippen molar-refractivity contribution in [2.24, 2.45) is 0 Å². The Bertz CT molecular complexity index is 470. The van der Waals surface area contributed by atoms with Crippen LogP contribution in [0.5, 0.6) is 5.88 Å². The Balaban J connectivity index is 1.87. The van der Waals surface area contributed by atoms with Crippen molar-refractivity contribution >= 4 is 17.2 Å². The molecule has 0 atom stereocenters. The van der Waals surface area contributed by atoms with Gasteiger partial charge in [-0.15, -0.1) is 11.3 Å². The van der Waals surface area contributed by atoms with Gasteiger partial charge in [0.15, 0.2) is 0 Å². The zero-order valence-electron chi connectivity index (χ0n) is 9.01. The third-order valence-electron chi connectivity index (χ3n) is 2.17. The van der Waals surface area contributed by atoms with Gasteiger partial charge in [-0.05, 0) is 13.0 Å². The summed E-state index contributed by atoms with van der Waals surface area (Å²) in [4.78, 5) is 9.50. The Morgan fingerprint density at radius 2 is 2.31 bits per heavy atom. The number of nitrogen functional groups attached to an aromatic ring is 1. The zero-order valence-corrected chi connectivity index (χ0v) is 9.83. The van der Waals surface area contributed by atoms with Crippen LogP contribution in [0.2, 0.25) is 0 Å². The monoisotopic (exact) mass is 235 g/mol. The molecule has 0 aliphatic carbocycles. The number of hydrogen-bond acceptors (Lipinski definition) is 5. The second kappa shape index (κ2) is 4.94. The quantitative estimate of drug-likeness (QED) is 0.881. The van der Waals surface area contributed by atoms with Gasteiger partial charge in [-0.1, -0.05) is 6.07 Å². The number of nitrogens with zero attached hydrogens (tertiary/aromatic N) is 2. The first-order chi connectivity index (χ1) is 7.75. The molecule has 0 saturated heterocycles. The van der Waals surface area contributed by atoms with E-state index >= 15 is 0 Å². The van der Waals surface area contributed by atoms with Crippen molar-refractivity contribution in [1.29, 1.82) is 0 Å². The van der Waals surface area contributed by atoms with Crippen molar-refractivity contribution in [3.63, 3.8) is 0 Å². The Morgan fingerprint density at radius 1 is 1.44 bits per heavy atom. The number of aryl methyl sites for hydroxylation is 1.